The molecule has 0 radical (unpaired) electrons. The van der Waals surface area contributed by atoms with Crippen LogP contribution < -0.4 is 5.73 Å². The minimum atomic E-state index is -3.72. The minimum Gasteiger partial charge on any atom is -0.332 e. The van der Waals surface area contributed by atoms with Crippen LogP contribution in [0.2, 0.25) is 6.04 Å². The smallest absolute Gasteiger partial charge is 0.332 e. The van der Waals surface area contributed by atoms with E-state index in [4.69, 9.17) is 47.4 Å². The summed E-state index contributed by atoms with van der Waals surface area (Å²) >= 11 is 0. The van der Waals surface area contributed by atoms with Gasteiger partial charge in [-0.25, -0.2) is 0 Å². The van der Waals surface area contributed by atoms with Crippen LogP contribution in [0, 0.1) is 0 Å². The third-order valence-corrected chi connectivity index (χ3v) is 7.30. The van der Waals surface area contributed by atoms with Crippen LogP contribution in [0.4, 0.5) is 0 Å². The summed E-state index contributed by atoms with van der Waals surface area (Å²) in [6.45, 7) is 12.0. The number of hydrogen-bond donors (Lipinski definition) is 1. The molecular weight excluding hydrogens is 414 g/mol. The average Bonchev–Trinajstić information content (AvgIpc) is 2.68. The van der Waals surface area contributed by atoms with Gasteiger partial charge in [0.15, 0.2) is 0 Å². The number of methoxy groups -OCH3 is 3. The van der Waals surface area contributed by atoms with Crippen molar-refractivity contribution in [1.82, 2.24) is 0 Å². The second-order valence-electron chi connectivity index (χ2n) is 6.73. The molecule has 0 rings (SSSR count). The predicted molar refractivity (Wildman–Crippen MR) is 113 cm³/mol. The molecular formula is C19H43NO9Si. The van der Waals surface area contributed by atoms with Gasteiger partial charge in [0, 0.05) is 68.0 Å². The zero-order valence-corrected chi connectivity index (χ0v) is 21.2. The van der Waals surface area contributed by atoms with E-state index in [0.29, 0.717) is 38.8 Å². The van der Waals surface area contributed by atoms with Crippen LogP contribution in [0.1, 0.15) is 54.4 Å². The Morgan fingerprint density at radius 1 is 0.633 bits per heavy atom. The van der Waals surface area contributed by atoms with E-state index in [-0.39, 0.29) is 0 Å². The van der Waals surface area contributed by atoms with Gasteiger partial charge in [-0.15, -0.1) is 0 Å². The van der Waals surface area contributed by atoms with Crippen LogP contribution in [-0.4, -0.2) is 74.4 Å². The molecule has 0 spiro atoms. The summed E-state index contributed by atoms with van der Waals surface area (Å²) in [5.41, 5.74) is 5.71. The monoisotopic (exact) mass is 457 g/mol. The maximum absolute atomic E-state index is 6.34. The molecule has 11 heteroatoms. The summed E-state index contributed by atoms with van der Waals surface area (Å²) in [4.78, 5) is 0. The highest BCUT2D eigenvalue weighted by atomic mass is 28.4. The molecule has 0 amide bonds. The van der Waals surface area contributed by atoms with Gasteiger partial charge < -0.3 is 47.4 Å². The van der Waals surface area contributed by atoms with Crippen LogP contribution >= 0.6 is 0 Å². The van der Waals surface area contributed by atoms with E-state index in [1.807, 2.05) is 20.8 Å². The average molecular weight is 458 g/mol. The standard InChI is InChI=1S/C19H43NO9Si/c1-10-24-17(4,21-7)27-30(16-14-13-15-20,28-18(5,22-8)25-11-2)29-19(6,23-9)26-12-3/h10-16,20H2,1-9H3. The maximum Gasteiger partial charge on any atom is 0.512 e. The lowest BCUT2D eigenvalue weighted by atomic mass is 10.3. The molecule has 0 aliphatic rings. The quantitative estimate of drug-likeness (QED) is 0.177. The van der Waals surface area contributed by atoms with Crippen LogP contribution in [0.15, 0.2) is 0 Å². The molecule has 0 saturated heterocycles. The summed E-state index contributed by atoms with van der Waals surface area (Å²) in [5, 5.41) is 0. The molecule has 0 aromatic rings. The molecule has 10 nitrogen and oxygen atoms in total. The van der Waals surface area contributed by atoms with Gasteiger partial charge in [0.1, 0.15) is 0 Å². The Hall–Kier alpha value is -0.183. The van der Waals surface area contributed by atoms with Crippen molar-refractivity contribution in [3.8, 4) is 0 Å². The van der Waals surface area contributed by atoms with Gasteiger partial charge in [-0.05, 0) is 40.2 Å². The zero-order chi connectivity index (χ0) is 23.3. The first-order valence-corrected chi connectivity index (χ1v) is 12.4. The molecule has 0 saturated carbocycles. The lowest BCUT2D eigenvalue weighted by molar-refractivity contribution is -0.395. The topological polar surface area (TPSA) is 109 Å². The zero-order valence-electron chi connectivity index (χ0n) is 20.2. The lowest BCUT2D eigenvalue weighted by Crippen LogP contribution is -2.62. The normalized spacial score (nSPS) is 20.2. The van der Waals surface area contributed by atoms with Gasteiger partial charge in [-0.2, -0.15) is 0 Å². The first-order chi connectivity index (χ1) is 14.0. The summed E-state index contributed by atoms with van der Waals surface area (Å²) in [5.74, 6) is -4.32. The van der Waals surface area contributed by atoms with Crippen molar-refractivity contribution in [3.63, 3.8) is 0 Å². The third kappa shape index (κ3) is 9.96. The number of rotatable bonds is 19. The molecule has 3 atom stereocenters. The molecule has 2 N–H and O–H groups in total. The molecule has 0 bridgehead atoms. The Morgan fingerprint density at radius 3 is 1.20 bits per heavy atom. The summed E-state index contributed by atoms with van der Waals surface area (Å²) in [6.07, 6.45) is 1.40. The first kappa shape index (κ1) is 29.8. The van der Waals surface area contributed by atoms with E-state index in [2.05, 4.69) is 0 Å². The van der Waals surface area contributed by atoms with E-state index in [1.54, 1.807) is 20.8 Å². The molecule has 0 heterocycles. The van der Waals surface area contributed by atoms with E-state index < -0.39 is 26.7 Å². The Morgan fingerprint density at radius 2 is 0.967 bits per heavy atom. The third-order valence-electron chi connectivity index (χ3n) is 4.29. The molecule has 0 aromatic carbocycles. The van der Waals surface area contributed by atoms with E-state index >= 15 is 0 Å². The molecule has 0 aliphatic heterocycles. The van der Waals surface area contributed by atoms with Crippen LogP contribution in [0.5, 0.6) is 0 Å². The van der Waals surface area contributed by atoms with E-state index in [1.165, 1.54) is 21.3 Å². The highest BCUT2D eigenvalue weighted by Crippen LogP contribution is 2.35. The van der Waals surface area contributed by atoms with Crippen molar-refractivity contribution in [3.05, 3.63) is 0 Å². The fourth-order valence-corrected chi connectivity index (χ4v) is 5.96. The molecule has 3 unspecified atom stereocenters. The molecule has 0 fully saturated rings. The molecule has 182 valence electrons. The van der Waals surface area contributed by atoms with Crippen LogP contribution in [0.25, 0.3) is 0 Å². The largest absolute Gasteiger partial charge is 0.512 e. The number of hydrogen-bond acceptors (Lipinski definition) is 10. The Bertz CT molecular complexity index is 407. The van der Waals surface area contributed by atoms with Gasteiger partial charge >= 0.3 is 8.80 Å². The van der Waals surface area contributed by atoms with Crippen molar-refractivity contribution in [2.75, 3.05) is 47.7 Å². The van der Waals surface area contributed by atoms with Crippen LogP contribution in [-0.2, 0) is 41.7 Å². The van der Waals surface area contributed by atoms with Crippen molar-refractivity contribution >= 4 is 8.80 Å². The number of ether oxygens (including phenoxy) is 6. The second kappa shape index (κ2) is 14.1. The molecule has 30 heavy (non-hydrogen) atoms. The van der Waals surface area contributed by atoms with Gasteiger partial charge in [-0.3, -0.25) is 0 Å². The first-order valence-electron chi connectivity index (χ1n) is 10.4. The van der Waals surface area contributed by atoms with E-state index in [0.717, 1.165) is 6.42 Å². The highest BCUT2D eigenvalue weighted by Gasteiger charge is 2.56. The fraction of sp³-hybridized carbons (Fsp3) is 1.00. The van der Waals surface area contributed by atoms with Crippen molar-refractivity contribution in [1.29, 1.82) is 0 Å². The van der Waals surface area contributed by atoms with E-state index in [9.17, 15) is 0 Å². The van der Waals surface area contributed by atoms with Gasteiger partial charge in [0.25, 0.3) is 17.9 Å². The Balaban J connectivity index is 6.28. The predicted octanol–water partition coefficient (Wildman–Crippen LogP) is 2.78. The van der Waals surface area contributed by atoms with Gasteiger partial charge in [0.2, 0.25) is 0 Å². The van der Waals surface area contributed by atoms with Crippen molar-refractivity contribution in [2.24, 2.45) is 5.73 Å². The minimum absolute atomic E-state index is 0.345. The SMILES string of the molecule is CCOC(C)(OC)O[Si](CCCCN)(OC(C)(OC)OCC)OC(C)(OC)OCC. The van der Waals surface area contributed by atoms with Gasteiger partial charge in [0.05, 0.1) is 0 Å². The van der Waals surface area contributed by atoms with Crippen LogP contribution in [0.3, 0.4) is 0 Å². The Labute approximate surface area is 182 Å². The highest BCUT2D eigenvalue weighted by molar-refractivity contribution is 6.61. The van der Waals surface area contributed by atoms with Gasteiger partial charge in [-0.1, -0.05) is 0 Å². The van der Waals surface area contributed by atoms with Crippen molar-refractivity contribution in [2.45, 2.75) is 78.3 Å². The summed E-state index contributed by atoms with van der Waals surface area (Å²) < 4.78 is 52.6. The maximum atomic E-state index is 6.34. The summed E-state index contributed by atoms with van der Waals surface area (Å²) in [7, 11) is 0.712. The molecule has 0 aromatic heterocycles. The summed E-state index contributed by atoms with van der Waals surface area (Å²) in [6, 6.07) is 0.369. The Kier molecular flexibility index (Phi) is 14.0. The number of unbranched alkanes of at least 4 members (excludes halogenated alkanes) is 1. The fourth-order valence-electron chi connectivity index (χ4n) is 2.73. The lowest BCUT2D eigenvalue weighted by Gasteiger charge is -2.44. The van der Waals surface area contributed by atoms with Crippen molar-refractivity contribution < 1.29 is 41.7 Å². The molecule has 0 aliphatic carbocycles. The second-order valence-corrected chi connectivity index (χ2v) is 9.21. The number of nitrogens with two attached hydrogens (primary N) is 1.